The van der Waals surface area contributed by atoms with Crippen LogP contribution >= 0.6 is 10.7 Å². The van der Waals surface area contributed by atoms with Crippen molar-refractivity contribution < 1.29 is 22.2 Å². The zero-order chi connectivity index (χ0) is 14.0. The maximum absolute atomic E-state index is 12.1. The SMILES string of the molecule is COC(=O)c1cccnc1[S@](C)(=O)=NS(=O)(=O)Cl. The van der Waals surface area contributed by atoms with Crippen molar-refractivity contribution in [3.8, 4) is 0 Å². The standard InChI is InChI=1S/C8H9ClN2O5S2/c1-16-8(12)6-4-3-5-10-7(6)17(2,13)11-18(9,14)15/h3-5H,1-2H3/t17-/m0/s1. The van der Waals surface area contributed by atoms with E-state index < -0.39 is 24.9 Å². The van der Waals surface area contributed by atoms with Crippen LogP contribution in [0.4, 0.5) is 0 Å². The third-order valence-corrected chi connectivity index (χ3v) is 5.17. The Kier molecular flexibility index (Phi) is 4.30. The molecule has 100 valence electrons. The quantitative estimate of drug-likeness (QED) is 0.604. The number of carbonyl (C=O) groups excluding carboxylic acids is 1. The minimum absolute atomic E-state index is 0.128. The summed E-state index contributed by atoms with van der Waals surface area (Å²) in [6.45, 7) is 0. The second kappa shape index (κ2) is 5.21. The van der Waals surface area contributed by atoms with E-state index in [1.807, 2.05) is 0 Å². The van der Waals surface area contributed by atoms with E-state index in [0.717, 1.165) is 13.4 Å². The Morgan fingerprint density at radius 3 is 2.56 bits per heavy atom. The summed E-state index contributed by atoms with van der Waals surface area (Å²) in [5.41, 5.74) is -0.128. The molecule has 0 saturated carbocycles. The Labute approximate surface area is 109 Å². The Morgan fingerprint density at radius 2 is 2.06 bits per heavy atom. The second-order valence-corrected chi connectivity index (χ2v) is 7.72. The van der Waals surface area contributed by atoms with Gasteiger partial charge in [0.15, 0.2) is 5.03 Å². The molecule has 1 rings (SSSR count). The van der Waals surface area contributed by atoms with Crippen molar-refractivity contribution >= 4 is 35.6 Å². The molecule has 0 amide bonds. The lowest BCUT2D eigenvalue weighted by Crippen LogP contribution is -2.12. The number of ether oxygens (including phenoxy) is 1. The molecule has 10 heteroatoms. The van der Waals surface area contributed by atoms with Gasteiger partial charge in [-0.05, 0) is 12.1 Å². The number of hydrogen-bond donors (Lipinski definition) is 0. The second-order valence-electron chi connectivity index (χ2n) is 3.14. The van der Waals surface area contributed by atoms with Gasteiger partial charge < -0.3 is 4.74 Å². The first-order valence-corrected chi connectivity index (χ1v) is 8.57. The van der Waals surface area contributed by atoms with Gasteiger partial charge in [-0.2, -0.15) is 8.42 Å². The molecule has 0 aliphatic heterocycles. The van der Waals surface area contributed by atoms with E-state index in [4.69, 9.17) is 10.7 Å². The average molecular weight is 313 g/mol. The van der Waals surface area contributed by atoms with Crippen LogP contribution in [0.15, 0.2) is 27.1 Å². The fraction of sp³-hybridized carbons (Fsp3) is 0.250. The molecule has 7 nitrogen and oxygen atoms in total. The van der Waals surface area contributed by atoms with Crippen molar-refractivity contribution in [2.45, 2.75) is 5.03 Å². The summed E-state index contributed by atoms with van der Waals surface area (Å²) in [7, 11) is -1.76. The van der Waals surface area contributed by atoms with Gasteiger partial charge in [0.05, 0.1) is 12.7 Å². The molecule has 0 unspecified atom stereocenters. The first kappa shape index (κ1) is 14.9. The van der Waals surface area contributed by atoms with Crippen LogP contribution in [0, 0.1) is 0 Å². The summed E-state index contributed by atoms with van der Waals surface area (Å²) in [6, 6.07) is 2.72. The summed E-state index contributed by atoms with van der Waals surface area (Å²) >= 11 is 0. The Bertz CT molecular complexity index is 691. The van der Waals surface area contributed by atoms with Crippen LogP contribution in [0.25, 0.3) is 0 Å². The van der Waals surface area contributed by atoms with Gasteiger partial charge in [0.1, 0.15) is 9.73 Å². The molecule has 0 aromatic carbocycles. The predicted octanol–water partition coefficient (Wildman–Crippen LogP) is 0.808. The molecule has 1 heterocycles. The van der Waals surface area contributed by atoms with Crippen molar-refractivity contribution in [1.82, 2.24) is 4.98 Å². The van der Waals surface area contributed by atoms with Gasteiger partial charge in [-0.1, -0.05) is 3.77 Å². The molecule has 0 N–H and O–H groups in total. The number of esters is 1. The first-order valence-electron chi connectivity index (χ1n) is 4.39. The van der Waals surface area contributed by atoms with Crippen LogP contribution in [-0.2, 0) is 23.7 Å². The number of aromatic nitrogens is 1. The number of carbonyl (C=O) groups is 1. The van der Waals surface area contributed by atoms with Crippen molar-refractivity contribution in [2.24, 2.45) is 3.77 Å². The van der Waals surface area contributed by atoms with Gasteiger partial charge in [0.2, 0.25) is 0 Å². The van der Waals surface area contributed by atoms with Gasteiger partial charge in [0.25, 0.3) is 0 Å². The Morgan fingerprint density at radius 1 is 1.44 bits per heavy atom. The van der Waals surface area contributed by atoms with Crippen LogP contribution in [0.2, 0.25) is 0 Å². The summed E-state index contributed by atoms with van der Waals surface area (Å²) in [6.07, 6.45) is 2.27. The fourth-order valence-corrected chi connectivity index (χ4v) is 4.59. The molecular weight excluding hydrogens is 304 g/mol. The summed E-state index contributed by atoms with van der Waals surface area (Å²) in [5, 5.41) is -0.291. The lowest BCUT2D eigenvalue weighted by atomic mass is 10.3. The maximum Gasteiger partial charge on any atom is 0.347 e. The monoisotopic (exact) mass is 312 g/mol. The van der Waals surface area contributed by atoms with Crippen molar-refractivity contribution in [3.63, 3.8) is 0 Å². The summed E-state index contributed by atoms with van der Waals surface area (Å²) in [4.78, 5) is 15.1. The van der Waals surface area contributed by atoms with Gasteiger partial charge in [-0.3, -0.25) is 0 Å². The van der Waals surface area contributed by atoms with Crippen LogP contribution in [0.5, 0.6) is 0 Å². The van der Waals surface area contributed by atoms with E-state index in [-0.39, 0.29) is 10.6 Å². The fourth-order valence-electron chi connectivity index (χ4n) is 1.16. The highest BCUT2D eigenvalue weighted by Gasteiger charge is 2.21. The topological polar surface area (TPSA) is 103 Å². The van der Waals surface area contributed by atoms with Crippen LogP contribution in [0.1, 0.15) is 10.4 Å². The molecule has 0 fully saturated rings. The lowest BCUT2D eigenvalue weighted by molar-refractivity contribution is 0.0595. The van der Waals surface area contributed by atoms with E-state index in [0.29, 0.717) is 0 Å². The highest BCUT2D eigenvalue weighted by atomic mass is 35.7. The molecule has 1 atom stereocenters. The number of pyridine rings is 1. The smallest absolute Gasteiger partial charge is 0.347 e. The Balaban J connectivity index is 3.58. The van der Waals surface area contributed by atoms with Crippen LogP contribution in [-0.4, -0.2) is 36.9 Å². The molecule has 0 spiro atoms. The first-order chi connectivity index (χ1) is 8.17. The van der Waals surface area contributed by atoms with Crippen molar-refractivity contribution in [3.05, 3.63) is 23.9 Å². The van der Waals surface area contributed by atoms with E-state index in [1.165, 1.54) is 18.3 Å². The highest BCUT2D eigenvalue weighted by molar-refractivity contribution is 8.17. The van der Waals surface area contributed by atoms with Crippen LogP contribution < -0.4 is 0 Å². The van der Waals surface area contributed by atoms with Crippen LogP contribution in [0.3, 0.4) is 0 Å². The number of halogens is 1. The molecule has 0 aliphatic rings. The zero-order valence-corrected chi connectivity index (χ0v) is 11.8. The molecule has 18 heavy (non-hydrogen) atoms. The number of hydrogen-bond acceptors (Lipinski definition) is 6. The Hall–Kier alpha value is -1.19. The third kappa shape index (κ3) is 3.65. The molecule has 0 saturated heterocycles. The molecular formula is C8H9ClN2O5S2. The van der Waals surface area contributed by atoms with Crippen molar-refractivity contribution in [1.29, 1.82) is 0 Å². The minimum atomic E-state index is -4.35. The molecule has 0 aliphatic carbocycles. The third-order valence-electron chi connectivity index (χ3n) is 1.77. The van der Waals surface area contributed by atoms with Gasteiger partial charge in [-0.15, -0.1) is 0 Å². The number of rotatable bonds is 3. The van der Waals surface area contributed by atoms with E-state index in [9.17, 15) is 17.4 Å². The molecule has 1 aromatic rings. The zero-order valence-electron chi connectivity index (χ0n) is 9.36. The lowest BCUT2D eigenvalue weighted by Gasteiger charge is -2.07. The van der Waals surface area contributed by atoms with E-state index in [1.54, 1.807) is 0 Å². The molecule has 0 bridgehead atoms. The minimum Gasteiger partial charge on any atom is -0.465 e. The predicted molar refractivity (Wildman–Crippen MR) is 65.1 cm³/mol. The van der Waals surface area contributed by atoms with Gasteiger partial charge in [-0.25, -0.2) is 14.0 Å². The van der Waals surface area contributed by atoms with Gasteiger partial charge >= 0.3 is 15.2 Å². The van der Waals surface area contributed by atoms with Gasteiger partial charge in [0, 0.05) is 23.1 Å². The highest BCUT2D eigenvalue weighted by Crippen LogP contribution is 2.17. The molecule has 1 aromatic heterocycles. The normalized spacial score (nSPS) is 14.6. The number of methoxy groups -OCH3 is 1. The van der Waals surface area contributed by atoms with Crippen molar-refractivity contribution in [2.75, 3.05) is 13.4 Å². The summed E-state index contributed by atoms with van der Waals surface area (Å²) in [5.74, 6) is -0.796. The average Bonchev–Trinajstić information content (AvgIpc) is 2.25. The van der Waals surface area contributed by atoms with E-state index in [2.05, 4.69) is 13.5 Å². The number of nitrogens with zero attached hydrogens (tertiary/aromatic N) is 2. The summed E-state index contributed by atoms with van der Waals surface area (Å²) < 4.78 is 41.3. The van der Waals surface area contributed by atoms with E-state index >= 15 is 0 Å². The maximum atomic E-state index is 12.1. The molecule has 0 radical (unpaired) electrons. The largest absolute Gasteiger partial charge is 0.465 e.